The van der Waals surface area contributed by atoms with E-state index in [4.69, 9.17) is 16.7 Å². The molecule has 5 N–H and O–H groups in total. The maximum absolute atomic E-state index is 11.8. The zero-order valence-electron chi connectivity index (χ0n) is 13.0. The first-order valence-electron chi connectivity index (χ1n) is 7.34. The van der Waals surface area contributed by atoms with Crippen LogP contribution in [0.4, 0.5) is 11.4 Å². The molecule has 1 amide bonds. The van der Waals surface area contributed by atoms with Crippen LogP contribution in [0, 0.1) is 11.5 Å². The van der Waals surface area contributed by atoms with Crippen molar-refractivity contribution in [2.24, 2.45) is 0 Å². The summed E-state index contributed by atoms with van der Waals surface area (Å²) in [6, 6.07) is 12.2. The second kappa shape index (κ2) is 8.25. The number of carbonyl (C=O) groups is 1. The third-order valence-electron chi connectivity index (χ3n) is 3.33. The first-order valence-corrected chi connectivity index (χ1v) is 7.34. The molecule has 0 fully saturated rings. The van der Waals surface area contributed by atoms with Gasteiger partial charge in [0.25, 0.3) is 6.26 Å². The Labute approximate surface area is 140 Å². The van der Waals surface area contributed by atoms with Crippen LogP contribution in [0.15, 0.2) is 48.5 Å². The van der Waals surface area contributed by atoms with Crippen LogP contribution in [0.25, 0.3) is 6.08 Å². The molecule has 0 heterocycles. The Morgan fingerprint density at radius 3 is 2.62 bits per heavy atom. The van der Waals surface area contributed by atoms with E-state index in [1.54, 1.807) is 48.7 Å². The van der Waals surface area contributed by atoms with Crippen molar-refractivity contribution in [3.8, 4) is 12.0 Å². The summed E-state index contributed by atoms with van der Waals surface area (Å²) in [5, 5.41) is 11.2. The quantitative estimate of drug-likeness (QED) is 0.428. The van der Waals surface area contributed by atoms with Gasteiger partial charge in [0.1, 0.15) is 5.75 Å². The first-order chi connectivity index (χ1) is 11.6. The lowest BCUT2D eigenvalue weighted by Gasteiger charge is -2.07. The maximum atomic E-state index is 11.8. The Hall–Kier alpha value is -3.46. The second-order valence-corrected chi connectivity index (χ2v) is 5.09. The average Bonchev–Trinajstić information content (AvgIpc) is 2.56. The Bertz CT molecular complexity index is 777. The van der Waals surface area contributed by atoms with Crippen LogP contribution in [0.1, 0.15) is 11.1 Å². The highest BCUT2D eigenvalue weighted by Crippen LogP contribution is 2.16. The molecule has 0 unspecified atom stereocenters. The number of ether oxygens (including phenoxy) is 1. The third-order valence-corrected chi connectivity index (χ3v) is 3.33. The lowest BCUT2D eigenvalue weighted by molar-refractivity contribution is -0.116. The number of nitriles is 1. The Morgan fingerprint density at radius 1 is 1.21 bits per heavy atom. The number of hydrogen-bond acceptors (Lipinski definition) is 5. The summed E-state index contributed by atoms with van der Waals surface area (Å²) < 4.78 is 4.68. The predicted molar refractivity (Wildman–Crippen MR) is 93.7 cm³/mol. The number of benzene rings is 2. The van der Waals surface area contributed by atoms with E-state index in [0.717, 1.165) is 11.1 Å². The highest BCUT2D eigenvalue weighted by Gasteiger charge is 2.01. The van der Waals surface area contributed by atoms with Gasteiger partial charge in [0, 0.05) is 24.0 Å². The summed E-state index contributed by atoms with van der Waals surface area (Å²) in [5.41, 5.74) is 14.5. The van der Waals surface area contributed by atoms with E-state index in [9.17, 15) is 4.79 Å². The van der Waals surface area contributed by atoms with Gasteiger partial charge in [0.05, 0.1) is 0 Å². The minimum absolute atomic E-state index is 0.193. The van der Waals surface area contributed by atoms with E-state index in [0.29, 0.717) is 30.1 Å². The number of hydrogen-bond donors (Lipinski definition) is 3. The van der Waals surface area contributed by atoms with Crippen LogP contribution in [-0.2, 0) is 11.2 Å². The van der Waals surface area contributed by atoms with E-state index in [-0.39, 0.29) is 5.91 Å². The third kappa shape index (κ3) is 5.07. The molecule has 6 nitrogen and oxygen atoms in total. The molecule has 0 bridgehead atoms. The van der Waals surface area contributed by atoms with E-state index in [2.05, 4.69) is 10.1 Å². The fourth-order valence-corrected chi connectivity index (χ4v) is 2.09. The van der Waals surface area contributed by atoms with Gasteiger partial charge in [0.15, 0.2) is 0 Å². The number of nitrogen functional groups attached to an aromatic ring is 2. The van der Waals surface area contributed by atoms with Gasteiger partial charge in [0.2, 0.25) is 5.91 Å². The highest BCUT2D eigenvalue weighted by atomic mass is 16.5. The number of rotatable bonds is 6. The van der Waals surface area contributed by atoms with Gasteiger partial charge in [-0.2, -0.15) is 0 Å². The Morgan fingerprint density at radius 2 is 1.96 bits per heavy atom. The molecule has 0 radical (unpaired) electrons. The highest BCUT2D eigenvalue weighted by molar-refractivity contribution is 5.91. The van der Waals surface area contributed by atoms with Crippen molar-refractivity contribution < 1.29 is 9.53 Å². The van der Waals surface area contributed by atoms with Crippen LogP contribution < -0.4 is 21.5 Å². The number of anilines is 2. The second-order valence-electron chi connectivity index (χ2n) is 5.09. The smallest absolute Gasteiger partial charge is 0.292 e. The fraction of sp³-hybridized carbons (Fsp3) is 0.111. The molecule has 0 saturated heterocycles. The van der Waals surface area contributed by atoms with Crippen LogP contribution in [0.2, 0.25) is 0 Å². The minimum Gasteiger partial charge on any atom is -0.399 e. The summed E-state index contributed by atoms with van der Waals surface area (Å²) in [7, 11) is 0. The van der Waals surface area contributed by atoms with E-state index in [1.807, 2.05) is 6.07 Å². The number of amides is 1. The lowest BCUT2D eigenvalue weighted by atomic mass is 10.1. The monoisotopic (exact) mass is 322 g/mol. The normalized spacial score (nSPS) is 10.3. The summed E-state index contributed by atoms with van der Waals surface area (Å²) >= 11 is 0. The minimum atomic E-state index is -0.193. The molecule has 0 aliphatic heterocycles. The molecule has 0 aromatic heterocycles. The summed E-state index contributed by atoms with van der Waals surface area (Å²) in [6.45, 7) is 0.478. The largest absolute Gasteiger partial charge is 0.399 e. The van der Waals surface area contributed by atoms with Crippen molar-refractivity contribution in [3.05, 3.63) is 59.7 Å². The van der Waals surface area contributed by atoms with E-state index in [1.165, 1.54) is 6.08 Å². The van der Waals surface area contributed by atoms with Gasteiger partial charge in [-0.1, -0.05) is 18.2 Å². The predicted octanol–water partition coefficient (Wildman–Crippen LogP) is 2.08. The Balaban J connectivity index is 1.81. The molecule has 2 aromatic carbocycles. The Kier molecular flexibility index (Phi) is 5.81. The SMILES string of the molecule is N#COc1ccc(/C=C/C(=O)NCCc2ccc(N)cc2N)cc1. The molecule has 0 aliphatic carbocycles. The van der Waals surface area contributed by atoms with Crippen molar-refractivity contribution in [2.45, 2.75) is 6.42 Å². The number of nitrogens with zero attached hydrogens (tertiary/aromatic N) is 1. The molecule has 0 atom stereocenters. The molecular weight excluding hydrogens is 304 g/mol. The number of nitrogens with two attached hydrogens (primary N) is 2. The fourth-order valence-electron chi connectivity index (χ4n) is 2.09. The zero-order chi connectivity index (χ0) is 17.4. The van der Waals surface area contributed by atoms with Gasteiger partial charge in [-0.3, -0.25) is 4.79 Å². The molecule has 2 aromatic rings. The number of carbonyl (C=O) groups excluding carboxylic acids is 1. The van der Waals surface area contributed by atoms with Gasteiger partial charge >= 0.3 is 0 Å². The molecule has 2 rings (SSSR count). The van der Waals surface area contributed by atoms with Gasteiger partial charge < -0.3 is 21.5 Å². The average molecular weight is 322 g/mol. The topological polar surface area (TPSA) is 114 Å². The summed E-state index contributed by atoms with van der Waals surface area (Å²) in [6.07, 6.45) is 5.36. The molecule has 122 valence electrons. The van der Waals surface area contributed by atoms with E-state index < -0.39 is 0 Å². The van der Waals surface area contributed by atoms with Crippen LogP contribution >= 0.6 is 0 Å². The molecule has 0 spiro atoms. The maximum Gasteiger partial charge on any atom is 0.292 e. The molecule has 6 heteroatoms. The summed E-state index contributed by atoms with van der Waals surface area (Å²) in [4.78, 5) is 11.8. The van der Waals surface area contributed by atoms with Gasteiger partial charge in [-0.15, -0.1) is 5.26 Å². The van der Waals surface area contributed by atoms with Crippen molar-refractivity contribution >= 4 is 23.4 Å². The van der Waals surface area contributed by atoms with Crippen molar-refractivity contribution in [1.29, 1.82) is 5.26 Å². The van der Waals surface area contributed by atoms with Crippen LogP contribution in [-0.4, -0.2) is 12.5 Å². The van der Waals surface area contributed by atoms with Crippen LogP contribution in [0.3, 0.4) is 0 Å². The molecule has 0 aliphatic rings. The zero-order valence-corrected chi connectivity index (χ0v) is 13.0. The van der Waals surface area contributed by atoms with Crippen molar-refractivity contribution in [1.82, 2.24) is 5.32 Å². The van der Waals surface area contributed by atoms with Crippen LogP contribution in [0.5, 0.6) is 5.75 Å². The lowest BCUT2D eigenvalue weighted by Crippen LogP contribution is -2.23. The molecular formula is C18H18N4O2. The van der Waals surface area contributed by atoms with Gasteiger partial charge in [-0.25, -0.2) is 0 Å². The standard InChI is InChI=1S/C18H18N4O2/c19-12-24-16-6-1-13(2-7-16)3-8-18(23)22-10-9-14-4-5-15(20)11-17(14)21/h1-8,11H,9-10,20-21H2,(H,22,23)/b8-3+. The molecule has 0 saturated carbocycles. The molecule has 24 heavy (non-hydrogen) atoms. The first kappa shape index (κ1) is 16.9. The van der Waals surface area contributed by atoms with Gasteiger partial charge in [-0.05, 0) is 47.9 Å². The van der Waals surface area contributed by atoms with E-state index >= 15 is 0 Å². The number of nitrogens with one attached hydrogen (secondary N) is 1. The summed E-state index contributed by atoms with van der Waals surface area (Å²) in [5.74, 6) is 0.265. The van der Waals surface area contributed by atoms with Crippen molar-refractivity contribution in [2.75, 3.05) is 18.0 Å². The van der Waals surface area contributed by atoms with Crippen molar-refractivity contribution in [3.63, 3.8) is 0 Å².